The molecule has 1 atom stereocenters. The standard InChI is InChI=1S/C20H17BrN2O/c1-14-8-10-15(11-9-14)19(16-5-4-12-22-13-16)23-20(24)17-6-2-3-7-18(17)21/h2-13,19H,1H3,(H,23,24). The van der Waals surface area contributed by atoms with Crippen molar-refractivity contribution >= 4 is 21.8 Å². The van der Waals surface area contributed by atoms with Gasteiger partial charge in [-0.3, -0.25) is 9.78 Å². The van der Waals surface area contributed by atoms with Crippen LogP contribution in [0.25, 0.3) is 0 Å². The monoisotopic (exact) mass is 380 g/mol. The lowest BCUT2D eigenvalue weighted by molar-refractivity contribution is 0.0942. The number of hydrogen-bond donors (Lipinski definition) is 1. The Bertz CT molecular complexity index is 832. The largest absolute Gasteiger partial charge is 0.341 e. The molecule has 2 aromatic carbocycles. The fourth-order valence-electron chi connectivity index (χ4n) is 2.52. The van der Waals surface area contributed by atoms with Gasteiger partial charge in [-0.25, -0.2) is 0 Å². The van der Waals surface area contributed by atoms with Gasteiger partial charge in [-0.2, -0.15) is 0 Å². The first kappa shape index (κ1) is 16.4. The zero-order valence-electron chi connectivity index (χ0n) is 13.2. The van der Waals surface area contributed by atoms with E-state index in [9.17, 15) is 4.79 Å². The Kier molecular flexibility index (Phi) is 5.06. The third-order valence-corrected chi connectivity index (χ3v) is 4.51. The number of aryl methyl sites for hydroxylation is 1. The lowest BCUT2D eigenvalue weighted by Gasteiger charge is -2.20. The fraction of sp³-hybridized carbons (Fsp3) is 0.100. The topological polar surface area (TPSA) is 42.0 Å². The molecule has 0 bridgehead atoms. The summed E-state index contributed by atoms with van der Waals surface area (Å²) < 4.78 is 0.774. The van der Waals surface area contributed by atoms with Crippen LogP contribution >= 0.6 is 15.9 Å². The quantitative estimate of drug-likeness (QED) is 0.714. The smallest absolute Gasteiger partial charge is 0.253 e. The third-order valence-electron chi connectivity index (χ3n) is 3.82. The molecule has 3 aromatic rings. The van der Waals surface area contributed by atoms with Gasteiger partial charge < -0.3 is 5.32 Å². The first-order valence-corrected chi connectivity index (χ1v) is 8.46. The van der Waals surface area contributed by atoms with E-state index >= 15 is 0 Å². The number of pyridine rings is 1. The molecule has 1 amide bonds. The normalized spacial score (nSPS) is 11.8. The molecule has 0 fully saturated rings. The maximum atomic E-state index is 12.7. The summed E-state index contributed by atoms with van der Waals surface area (Å²) in [4.78, 5) is 16.9. The Labute approximate surface area is 149 Å². The van der Waals surface area contributed by atoms with Gasteiger partial charge in [0, 0.05) is 16.9 Å². The molecule has 1 heterocycles. The van der Waals surface area contributed by atoms with Gasteiger partial charge in [-0.1, -0.05) is 48.0 Å². The highest BCUT2D eigenvalue weighted by molar-refractivity contribution is 9.10. The Morgan fingerprint density at radius 1 is 1.00 bits per heavy atom. The van der Waals surface area contributed by atoms with E-state index in [4.69, 9.17) is 0 Å². The molecule has 120 valence electrons. The SMILES string of the molecule is Cc1ccc(C(NC(=O)c2ccccc2Br)c2cccnc2)cc1. The number of nitrogens with one attached hydrogen (secondary N) is 1. The number of amides is 1. The molecule has 0 saturated carbocycles. The molecule has 0 radical (unpaired) electrons. The van der Waals surface area contributed by atoms with Crippen LogP contribution in [0, 0.1) is 6.92 Å². The van der Waals surface area contributed by atoms with Gasteiger partial charge in [0.1, 0.15) is 0 Å². The number of nitrogens with zero attached hydrogens (tertiary/aromatic N) is 1. The highest BCUT2D eigenvalue weighted by atomic mass is 79.9. The molecule has 1 N–H and O–H groups in total. The van der Waals surface area contributed by atoms with Crippen molar-refractivity contribution in [2.24, 2.45) is 0 Å². The Morgan fingerprint density at radius 3 is 2.42 bits per heavy atom. The van der Waals surface area contributed by atoms with Gasteiger partial charge in [0.2, 0.25) is 0 Å². The summed E-state index contributed by atoms with van der Waals surface area (Å²) in [6.07, 6.45) is 3.51. The maximum absolute atomic E-state index is 12.7. The molecule has 0 aliphatic carbocycles. The highest BCUT2D eigenvalue weighted by Gasteiger charge is 2.19. The molecule has 1 unspecified atom stereocenters. The predicted octanol–water partition coefficient (Wildman–Crippen LogP) is 4.67. The zero-order valence-corrected chi connectivity index (χ0v) is 14.8. The van der Waals surface area contributed by atoms with Gasteiger partial charge in [-0.15, -0.1) is 0 Å². The number of carbonyl (C=O) groups excluding carboxylic acids is 1. The van der Waals surface area contributed by atoms with E-state index in [0.717, 1.165) is 15.6 Å². The number of carbonyl (C=O) groups is 1. The minimum atomic E-state index is -0.251. The molecule has 1 aromatic heterocycles. The van der Waals surface area contributed by atoms with Crippen LogP contribution in [0.5, 0.6) is 0 Å². The van der Waals surface area contributed by atoms with Crippen LogP contribution in [0.2, 0.25) is 0 Å². The van der Waals surface area contributed by atoms with Gasteiger partial charge in [0.25, 0.3) is 5.91 Å². The number of aromatic nitrogens is 1. The summed E-state index contributed by atoms with van der Waals surface area (Å²) in [6.45, 7) is 2.04. The van der Waals surface area contributed by atoms with Crippen LogP contribution in [0.3, 0.4) is 0 Å². The molecule has 0 aliphatic heterocycles. The van der Waals surface area contributed by atoms with E-state index in [1.165, 1.54) is 5.56 Å². The van der Waals surface area contributed by atoms with Gasteiger partial charge in [0.05, 0.1) is 11.6 Å². The summed E-state index contributed by atoms with van der Waals surface area (Å²) in [7, 11) is 0. The van der Waals surface area contributed by atoms with Crippen LogP contribution in [0.1, 0.15) is 33.1 Å². The lowest BCUT2D eigenvalue weighted by atomic mass is 9.98. The maximum Gasteiger partial charge on any atom is 0.253 e. The second-order valence-electron chi connectivity index (χ2n) is 5.58. The van der Waals surface area contributed by atoms with Crippen molar-refractivity contribution in [2.75, 3.05) is 0 Å². The number of rotatable bonds is 4. The van der Waals surface area contributed by atoms with Crippen LogP contribution in [-0.4, -0.2) is 10.9 Å². The minimum Gasteiger partial charge on any atom is -0.341 e. The van der Waals surface area contributed by atoms with Crippen molar-refractivity contribution in [3.63, 3.8) is 0 Å². The summed E-state index contributed by atoms with van der Waals surface area (Å²) >= 11 is 3.44. The van der Waals surface area contributed by atoms with Crippen molar-refractivity contribution < 1.29 is 4.79 Å². The first-order valence-electron chi connectivity index (χ1n) is 7.67. The average Bonchev–Trinajstić information content (AvgIpc) is 2.61. The number of halogens is 1. The minimum absolute atomic E-state index is 0.128. The van der Waals surface area contributed by atoms with Crippen LogP contribution < -0.4 is 5.32 Å². The Balaban J connectivity index is 1.95. The molecular formula is C20H17BrN2O. The van der Waals surface area contributed by atoms with Crippen molar-refractivity contribution in [3.05, 3.63) is 99.8 Å². The average molecular weight is 381 g/mol. The van der Waals surface area contributed by atoms with Gasteiger partial charge in [0.15, 0.2) is 0 Å². The molecular weight excluding hydrogens is 364 g/mol. The van der Waals surface area contributed by atoms with E-state index in [1.54, 1.807) is 18.5 Å². The van der Waals surface area contributed by atoms with E-state index in [1.807, 2.05) is 61.5 Å². The molecule has 0 saturated heterocycles. The molecule has 0 spiro atoms. The van der Waals surface area contributed by atoms with E-state index < -0.39 is 0 Å². The van der Waals surface area contributed by atoms with Crippen LogP contribution in [0.4, 0.5) is 0 Å². The fourth-order valence-corrected chi connectivity index (χ4v) is 2.98. The van der Waals surface area contributed by atoms with Crippen LogP contribution in [-0.2, 0) is 0 Å². The Hall–Kier alpha value is -2.46. The highest BCUT2D eigenvalue weighted by Crippen LogP contribution is 2.24. The Morgan fingerprint density at radius 2 is 1.75 bits per heavy atom. The van der Waals surface area contributed by atoms with Crippen molar-refractivity contribution in [3.8, 4) is 0 Å². The van der Waals surface area contributed by atoms with Crippen molar-refractivity contribution in [1.82, 2.24) is 10.3 Å². The number of benzene rings is 2. The van der Waals surface area contributed by atoms with Crippen LogP contribution in [0.15, 0.2) is 77.5 Å². The first-order chi connectivity index (χ1) is 11.6. The molecule has 24 heavy (non-hydrogen) atoms. The molecule has 3 nitrogen and oxygen atoms in total. The summed E-state index contributed by atoms with van der Waals surface area (Å²) in [5.74, 6) is -0.128. The van der Waals surface area contributed by atoms with E-state index in [0.29, 0.717) is 5.56 Å². The zero-order chi connectivity index (χ0) is 16.9. The van der Waals surface area contributed by atoms with Crippen molar-refractivity contribution in [2.45, 2.75) is 13.0 Å². The summed E-state index contributed by atoms with van der Waals surface area (Å²) in [5.41, 5.74) is 3.76. The van der Waals surface area contributed by atoms with Gasteiger partial charge in [-0.05, 0) is 52.2 Å². The van der Waals surface area contributed by atoms with Gasteiger partial charge >= 0.3 is 0 Å². The molecule has 3 rings (SSSR count). The van der Waals surface area contributed by atoms with E-state index in [-0.39, 0.29) is 11.9 Å². The molecule has 0 aliphatic rings. The second-order valence-corrected chi connectivity index (χ2v) is 6.44. The number of hydrogen-bond acceptors (Lipinski definition) is 2. The lowest BCUT2D eigenvalue weighted by Crippen LogP contribution is -2.29. The van der Waals surface area contributed by atoms with Crippen molar-refractivity contribution in [1.29, 1.82) is 0 Å². The second kappa shape index (κ2) is 7.41. The summed E-state index contributed by atoms with van der Waals surface area (Å²) in [6, 6.07) is 19.2. The summed E-state index contributed by atoms with van der Waals surface area (Å²) in [5, 5.41) is 3.12. The molecule has 4 heteroatoms. The van der Waals surface area contributed by atoms with E-state index in [2.05, 4.69) is 26.2 Å². The third kappa shape index (κ3) is 3.71. The predicted molar refractivity (Wildman–Crippen MR) is 98.9 cm³/mol.